The fraction of sp³-hybridized carbons (Fsp3) is 0.909. The Morgan fingerprint density at radius 3 is 2.53 bits per heavy atom. The average molecular weight is 215 g/mol. The molecule has 1 aliphatic rings. The van der Waals surface area contributed by atoms with Crippen molar-refractivity contribution in [1.82, 2.24) is 5.32 Å². The average Bonchev–Trinajstić information content (AvgIpc) is 2.76. The second kappa shape index (κ2) is 4.00. The van der Waals surface area contributed by atoms with Crippen molar-refractivity contribution in [3.05, 3.63) is 0 Å². The van der Waals surface area contributed by atoms with Crippen LogP contribution in [-0.2, 0) is 4.74 Å². The predicted molar refractivity (Wildman–Crippen MR) is 57.6 cm³/mol. The summed E-state index contributed by atoms with van der Waals surface area (Å²) in [5.74, 6) is 0.384. The highest BCUT2D eigenvalue weighted by atomic mass is 16.6. The van der Waals surface area contributed by atoms with Gasteiger partial charge in [-0.3, -0.25) is 0 Å². The van der Waals surface area contributed by atoms with E-state index in [2.05, 4.69) is 12.2 Å². The second-order valence-corrected chi connectivity index (χ2v) is 5.25. The van der Waals surface area contributed by atoms with Crippen molar-refractivity contribution in [2.75, 3.05) is 6.61 Å². The van der Waals surface area contributed by atoms with E-state index in [1.54, 1.807) is 0 Å². The molecule has 0 aromatic carbocycles. The Bertz CT molecular complexity index is 247. The Hall–Kier alpha value is -0.770. The molecule has 0 radical (unpaired) electrons. The number of aliphatic hydroxyl groups excluding tert-OH is 1. The predicted octanol–water partition coefficient (Wildman–Crippen LogP) is 1.67. The Morgan fingerprint density at radius 2 is 2.20 bits per heavy atom. The lowest BCUT2D eigenvalue weighted by Crippen LogP contribution is -2.44. The van der Waals surface area contributed by atoms with E-state index in [0.717, 1.165) is 12.8 Å². The standard InChI is InChI=1S/C11H21NO3/c1-5-8-6-11(8,7-13)12-9(14)15-10(2,3)4/h8,13H,5-7H2,1-4H3,(H,12,14)/t8-,11-/m0/s1. The number of amides is 1. The fourth-order valence-corrected chi connectivity index (χ4v) is 1.81. The van der Waals surface area contributed by atoms with E-state index in [0.29, 0.717) is 5.92 Å². The SMILES string of the molecule is CC[C@H]1C[C@@]1(CO)NC(=O)OC(C)(C)C. The summed E-state index contributed by atoms with van der Waals surface area (Å²) in [7, 11) is 0. The molecule has 0 saturated heterocycles. The molecule has 0 spiro atoms. The maximum absolute atomic E-state index is 11.5. The number of hydrogen-bond donors (Lipinski definition) is 2. The third-order valence-corrected chi connectivity index (χ3v) is 2.76. The van der Waals surface area contributed by atoms with Crippen LogP contribution in [0.1, 0.15) is 40.5 Å². The van der Waals surface area contributed by atoms with Gasteiger partial charge in [-0.05, 0) is 33.1 Å². The largest absolute Gasteiger partial charge is 0.444 e. The van der Waals surface area contributed by atoms with Gasteiger partial charge in [-0.25, -0.2) is 4.79 Å². The van der Waals surface area contributed by atoms with Gasteiger partial charge in [-0.2, -0.15) is 0 Å². The molecule has 0 bridgehead atoms. The lowest BCUT2D eigenvalue weighted by molar-refractivity contribution is 0.0462. The number of hydrogen-bond acceptors (Lipinski definition) is 3. The van der Waals surface area contributed by atoms with Gasteiger partial charge in [-0.1, -0.05) is 13.3 Å². The van der Waals surface area contributed by atoms with E-state index in [-0.39, 0.29) is 6.61 Å². The lowest BCUT2D eigenvalue weighted by Gasteiger charge is -2.23. The number of alkyl carbamates (subject to hydrolysis) is 1. The third kappa shape index (κ3) is 3.09. The molecule has 88 valence electrons. The van der Waals surface area contributed by atoms with Gasteiger partial charge in [0, 0.05) is 0 Å². The van der Waals surface area contributed by atoms with Gasteiger partial charge in [0.15, 0.2) is 0 Å². The van der Waals surface area contributed by atoms with Crippen LogP contribution in [0.15, 0.2) is 0 Å². The van der Waals surface area contributed by atoms with Gasteiger partial charge in [0.1, 0.15) is 5.60 Å². The van der Waals surface area contributed by atoms with Crippen molar-refractivity contribution < 1.29 is 14.6 Å². The van der Waals surface area contributed by atoms with Crippen LogP contribution < -0.4 is 5.32 Å². The van der Waals surface area contributed by atoms with Crippen molar-refractivity contribution in [2.45, 2.75) is 51.7 Å². The molecule has 0 heterocycles. The maximum atomic E-state index is 11.5. The third-order valence-electron chi connectivity index (χ3n) is 2.76. The minimum atomic E-state index is -0.489. The lowest BCUT2D eigenvalue weighted by atomic mass is 10.2. The molecule has 1 aliphatic carbocycles. The van der Waals surface area contributed by atoms with Crippen molar-refractivity contribution in [3.8, 4) is 0 Å². The molecule has 1 fully saturated rings. The zero-order chi connectivity index (χ0) is 11.7. The number of aliphatic hydroxyl groups is 1. The number of ether oxygens (including phenoxy) is 1. The van der Waals surface area contributed by atoms with Crippen LogP contribution in [0.4, 0.5) is 4.79 Å². The first-order valence-corrected chi connectivity index (χ1v) is 5.45. The summed E-state index contributed by atoms with van der Waals surface area (Å²) in [6.07, 6.45) is 1.38. The van der Waals surface area contributed by atoms with E-state index < -0.39 is 17.2 Å². The van der Waals surface area contributed by atoms with Gasteiger partial charge in [0.2, 0.25) is 0 Å². The summed E-state index contributed by atoms with van der Waals surface area (Å²) in [5.41, 5.74) is -0.908. The summed E-state index contributed by atoms with van der Waals surface area (Å²) < 4.78 is 5.15. The summed E-state index contributed by atoms with van der Waals surface area (Å²) >= 11 is 0. The van der Waals surface area contributed by atoms with Crippen molar-refractivity contribution >= 4 is 6.09 Å². The number of nitrogens with one attached hydrogen (secondary N) is 1. The molecule has 0 unspecified atom stereocenters. The van der Waals surface area contributed by atoms with Gasteiger partial charge in [-0.15, -0.1) is 0 Å². The molecule has 1 amide bonds. The fourth-order valence-electron chi connectivity index (χ4n) is 1.81. The van der Waals surface area contributed by atoms with E-state index in [4.69, 9.17) is 4.74 Å². The smallest absolute Gasteiger partial charge is 0.408 e. The van der Waals surface area contributed by atoms with Gasteiger partial charge < -0.3 is 15.2 Å². The molecule has 15 heavy (non-hydrogen) atoms. The van der Waals surface area contributed by atoms with E-state index >= 15 is 0 Å². The van der Waals surface area contributed by atoms with E-state index in [9.17, 15) is 9.90 Å². The molecule has 1 saturated carbocycles. The number of carbonyl (C=O) groups is 1. The van der Waals surface area contributed by atoms with Crippen LogP contribution in [-0.4, -0.2) is 28.9 Å². The van der Waals surface area contributed by atoms with Crippen LogP contribution in [0.2, 0.25) is 0 Å². The van der Waals surface area contributed by atoms with Gasteiger partial charge in [0.05, 0.1) is 12.1 Å². The molecular formula is C11H21NO3. The highest BCUT2D eigenvalue weighted by Gasteiger charge is 2.54. The minimum absolute atomic E-state index is 0.00918. The minimum Gasteiger partial charge on any atom is -0.444 e. The monoisotopic (exact) mass is 215 g/mol. The normalized spacial score (nSPS) is 29.8. The highest BCUT2D eigenvalue weighted by molar-refractivity contribution is 5.69. The molecule has 4 nitrogen and oxygen atoms in total. The first-order valence-electron chi connectivity index (χ1n) is 5.45. The molecule has 2 N–H and O–H groups in total. The van der Waals surface area contributed by atoms with Crippen LogP contribution in [0.5, 0.6) is 0 Å². The molecule has 0 aromatic heterocycles. The summed E-state index contributed by atoms with van der Waals surface area (Å²) in [4.78, 5) is 11.5. The quantitative estimate of drug-likeness (QED) is 0.753. The molecular weight excluding hydrogens is 194 g/mol. The zero-order valence-corrected chi connectivity index (χ0v) is 9.96. The topological polar surface area (TPSA) is 58.6 Å². The van der Waals surface area contributed by atoms with Crippen molar-refractivity contribution in [3.63, 3.8) is 0 Å². The molecule has 4 heteroatoms. The van der Waals surface area contributed by atoms with Crippen LogP contribution in [0.3, 0.4) is 0 Å². The van der Waals surface area contributed by atoms with Crippen molar-refractivity contribution in [1.29, 1.82) is 0 Å². The van der Waals surface area contributed by atoms with Gasteiger partial charge in [0.25, 0.3) is 0 Å². The molecule has 0 aromatic rings. The van der Waals surface area contributed by atoms with E-state index in [1.807, 2.05) is 20.8 Å². The Morgan fingerprint density at radius 1 is 1.60 bits per heavy atom. The second-order valence-electron chi connectivity index (χ2n) is 5.25. The first-order chi connectivity index (χ1) is 6.83. The Kier molecular flexibility index (Phi) is 3.28. The Labute approximate surface area is 91.0 Å². The maximum Gasteiger partial charge on any atom is 0.408 e. The molecule has 2 atom stereocenters. The van der Waals surface area contributed by atoms with E-state index in [1.165, 1.54) is 0 Å². The summed E-state index contributed by atoms with van der Waals surface area (Å²) in [6.45, 7) is 7.51. The number of rotatable bonds is 3. The summed E-state index contributed by atoms with van der Waals surface area (Å²) in [6, 6.07) is 0. The first kappa shape index (κ1) is 12.3. The van der Waals surface area contributed by atoms with Crippen LogP contribution in [0, 0.1) is 5.92 Å². The van der Waals surface area contributed by atoms with Crippen LogP contribution in [0.25, 0.3) is 0 Å². The zero-order valence-electron chi connectivity index (χ0n) is 9.96. The highest BCUT2D eigenvalue weighted by Crippen LogP contribution is 2.45. The van der Waals surface area contributed by atoms with Crippen LogP contribution >= 0.6 is 0 Å². The number of carbonyl (C=O) groups excluding carboxylic acids is 1. The van der Waals surface area contributed by atoms with Gasteiger partial charge >= 0.3 is 6.09 Å². The molecule has 0 aliphatic heterocycles. The molecule has 1 rings (SSSR count). The Balaban J connectivity index is 2.45. The summed E-state index contributed by atoms with van der Waals surface area (Å²) in [5, 5.41) is 12.0. The van der Waals surface area contributed by atoms with Crippen molar-refractivity contribution in [2.24, 2.45) is 5.92 Å².